The van der Waals surface area contributed by atoms with Gasteiger partial charge in [-0.05, 0) is 36.2 Å². The molecule has 5 heteroatoms. The summed E-state index contributed by atoms with van der Waals surface area (Å²) in [6.45, 7) is 8.20. The molecule has 0 atom stereocenters. The fraction of sp³-hybridized carbons (Fsp3) is 0.476. The molecule has 1 aromatic carbocycles. The second-order valence-electron chi connectivity index (χ2n) is 6.98. The molecule has 1 fully saturated rings. The minimum absolute atomic E-state index is 0.104. The van der Waals surface area contributed by atoms with Crippen LogP contribution in [0.3, 0.4) is 0 Å². The van der Waals surface area contributed by atoms with E-state index in [1.165, 1.54) is 5.56 Å². The van der Waals surface area contributed by atoms with Crippen LogP contribution in [0.15, 0.2) is 47.1 Å². The average molecular weight is 355 g/mol. The number of carbonyl (C=O) groups is 1. The largest absolute Gasteiger partial charge is 0.468 e. The molecule has 0 spiro atoms. The van der Waals surface area contributed by atoms with Crippen molar-refractivity contribution in [2.75, 3.05) is 31.5 Å². The lowest BCUT2D eigenvalue weighted by molar-refractivity contribution is -0.116. The molecule has 0 bridgehead atoms. The molecule has 26 heavy (non-hydrogen) atoms. The quantitative estimate of drug-likeness (QED) is 0.784. The number of carbonyl (C=O) groups excluding carboxylic acids is 1. The van der Waals surface area contributed by atoms with Gasteiger partial charge in [0, 0.05) is 44.8 Å². The summed E-state index contributed by atoms with van der Waals surface area (Å²) < 4.78 is 5.43. The van der Waals surface area contributed by atoms with Gasteiger partial charge in [-0.15, -0.1) is 0 Å². The summed E-state index contributed by atoms with van der Waals surface area (Å²) in [6, 6.07) is 12.2. The van der Waals surface area contributed by atoms with Gasteiger partial charge in [-0.2, -0.15) is 0 Å². The summed E-state index contributed by atoms with van der Waals surface area (Å²) in [6.07, 6.45) is 4.32. The Labute approximate surface area is 156 Å². The number of nitrogens with zero attached hydrogens (tertiary/aromatic N) is 2. The molecule has 5 nitrogen and oxygen atoms in total. The van der Waals surface area contributed by atoms with E-state index < -0.39 is 0 Å². The summed E-state index contributed by atoms with van der Waals surface area (Å²) in [5, 5.41) is 2.97. The number of unbranched alkanes of at least 4 members (excludes halogenated alkanes) is 1. The zero-order chi connectivity index (χ0) is 18.2. The van der Waals surface area contributed by atoms with Crippen molar-refractivity contribution in [2.45, 2.75) is 39.3 Å². The van der Waals surface area contributed by atoms with Crippen molar-refractivity contribution in [2.24, 2.45) is 0 Å². The summed E-state index contributed by atoms with van der Waals surface area (Å²) in [7, 11) is 0. The second-order valence-corrected chi connectivity index (χ2v) is 6.98. The molecule has 1 aliphatic rings. The smallest absolute Gasteiger partial charge is 0.224 e. The summed E-state index contributed by atoms with van der Waals surface area (Å²) in [4.78, 5) is 16.7. The Bertz CT molecular complexity index is 659. The molecule has 140 valence electrons. The fourth-order valence-electron chi connectivity index (χ4n) is 3.24. The maximum absolute atomic E-state index is 11.8. The first-order chi connectivity index (χ1) is 12.7. The number of amides is 1. The first kappa shape index (κ1) is 18.7. The number of anilines is 1. The Kier molecular flexibility index (Phi) is 6.86. The molecule has 0 unspecified atom stereocenters. The number of nitrogens with one attached hydrogen (secondary N) is 1. The van der Waals surface area contributed by atoms with Crippen LogP contribution >= 0.6 is 0 Å². The van der Waals surface area contributed by atoms with Crippen LogP contribution in [0.5, 0.6) is 0 Å². The van der Waals surface area contributed by atoms with Gasteiger partial charge in [0.1, 0.15) is 5.76 Å². The Morgan fingerprint density at radius 3 is 2.35 bits per heavy atom. The Balaban J connectivity index is 1.41. The summed E-state index contributed by atoms with van der Waals surface area (Å²) in [5.74, 6) is 1.14. The molecule has 1 N–H and O–H groups in total. The molecule has 1 aliphatic heterocycles. The van der Waals surface area contributed by atoms with Gasteiger partial charge in [-0.1, -0.05) is 25.5 Å². The van der Waals surface area contributed by atoms with Crippen molar-refractivity contribution in [1.29, 1.82) is 0 Å². The van der Waals surface area contributed by atoms with E-state index in [4.69, 9.17) is 4.42 Å². The van der Waals surface area contributed by atoms with Crippen LogP contribution in [0.2, 0.25) is 0 Å². The van der Waals surface area contributed by atoms with Crippen molar-refractivity contribution in [3.63, 3.8) is 0 Å². The van der Waals surface area contributed by atoms with Crippen LogP contribution in [0.4, 0.5) is 5.69 Å². The Morgan fingerprint density at radius 1 is 1.04 bits per heavy atom. The molecular weight excluding hydrogens is 326 g/mol. The van der Waals surface area contributed by atoms with E-state index in [1.54, 1.807) is 6.26 Å². The zero-order valence-corrected chi connectivity index (χ0v) is 15.6. The predicted octanol–water partition coefficient (Wildman–Crippen LogP) is 3.73. The zero-order valence-electron chi connectivity index (χ0n) is 15.6. The van der Waals surface area contributed by atoms with Gasteiger partial charge in [-0.3, -0.25) is 14.6 Å². The number of furan rings is 1. The van der Waals surface area contributed by atoms with Gasteiger partial charge in [0.25, 0.3) is 0 Å². The lowest BCUT2D eigenvalue weighted by Gasteiger charge is -2.34. The van der Waals surface area contributed by atoms with Crippen molar-refractivity contribution in [1.82, 2.24) is 9.80 Å². The molecular formula is C21H29N3O2. The maximum Gasteiger partial charge on any atom is 0.224 e. The highest BCUT2D eigenvalue weighted by molar-refractivity contribution is 5.90. The van der Waals surface area contributed by atoms with E-state index in [1.807, 2.05) is 24.3 Å². The van der Waals surface area contributed by atoms with E-state index in [-0.39, 0.29) is 5.91 Å². The van der Waals surface area contributed by atoms with E-state index in [0.29, 0.717) is 6.42 Å². The van der Waals surface area contributed by atoms with Crippen LogP contribution in [0, 0.1) is 0 Å². The number of benzene rings is 1. The van der Waals surface area contributed by atoms with Crippen molar-refractivity contribution in [3.05, 3.63) is 54.0 Å². The topological polar surface area (TPSA) is 48.7 Å². The SMILES string of the molecule is CCCCC(=O)Nc1ccc(CN2CCN(Cc3ccco3)CC2)cc1. The van der Waals surface area contributed by atoms with Gasteiger partial charge in [0.15, 0.2) is 0 Å². The molecule has 1 amide bonds. The Hall–Kier alpha value is -2.11. The van der Waals surface area contributed by atoms with E-state index in [2.05, 4.69) is 34.2 Å². The molecule has 2 aromatic rings. The first-order valence-corrected chi connectivity index (χ1v) is 9.59. The van der Waals surface area contributed by atoms with Gasteiger partial charge in [-0.25, -0.2) is 0 Å². The summed E-state index contributed by atoms with van der Waals surface area (Å²) >= 11 is 0. The van der Waals surface area contributed by atoms with Crippen LogP contribution in [0.25, 0.3) is 0 Å². The lowest BCUT2D eigenvalue weighted by Crippen LogP contribution is -2.45. The van der Waals surface area contributed by atoms with E-state index >= 15 is 0 Å². The third-order valence-electron chi connectivity index (χ3n) is 4.83. The molecule has 1 aromatic heterocycles. The molecule has 0 saturated carbocycles. The predicted molar refractivity (Wildman–Crippen MR) is 104 cm³/mol. The Morgan fingerprint density at radius 2 is 1.73 bits per heavy atom. The highest BCUT2D eigenvalue weighted by Gasteiger charge is 2.17. The van der Waals surface area contributed by atoms with Gasteiger partial charge in [0.2, 0.25) is 5.91 Å². The summed E-state index contributed by atoms with van der Waals surface area (Å²) in [5.41, 5.74) is 2.18. The van der Waals surface area contributed by atoms with Crippen LogP contribution in [-0.4, -0.2) is 41.9 Å². The number of hydrogen-bond donors (Lipinski definition) is 1. The van der Waals surface area contributed by atoms with Crippen LogP contribution < -0.4 is 5.32 Å². The maximum atomic E-state index is 11.8. The second kappa shape index (κ2) is 9.55. The normalized spacial score (nSPS) is 15.9. The molecule has 3 rings (SSSR count). The van der Waals surface area contributed by atoms with Gasteiger partial charge in [0.05, 0.1) is 12.8 Å². The number of rotatable bonds is 8. The highest BCUT2D eigenvalue weighted by atomic mass is 16.3. The van der Waals surface area contributed by atoms with Crippen LogP contribution in [0.1, 0.15) is 37.5 Å². The number of hydrogen-bond acceptors (Lipinski definition) is 4. The minimum atomic E-state index is 0.104. The first-order valence-electron chi connectivity index (χ1n) is 9.59. The number of piperazine rings is 1. The third-order valence-corrected chi connectivity index (χ3v) is 4.83. The molecule has 0 aliphatic carbocycles. The lowest BCUT2D eigenvalue weighted by atomic mass is 10.1. The minimum Gasteiger partial charge on any atom is -0.468 e. The average Bonchev–Trinajstić information content (AvgIpc) is 3.16. The van der Waals surface area contributed by atoms with Gasteiger partial charge >= 0.3 is 0 Å². The third kappa shape index (κ3) is 5.71. The fourth-order valence-corrected chi connectivity index (χ4v) is 3.24. The molecule has 0 radical (unpaired) electrons. The highest BCUT2D eigenvalue weighted by Crippen LogP contribution is 2.15. The standard InChI is InChI=1S/C21H29N3O2/c1-2-3-6-21(25)22-19-9-7-18(8-10-19)16-23-11-13-24(14-12-23)17-20-5-4-15-26-20/h4-5,7-10,15H,2-3,6,11-14,16-17H2,1H3,(H,22,25). The van der Waals surface area contributed by atoms with Crippen molar-refractivity contribution in [3.8, 4) is 0 Å². The van der Waals surface area contributed by atoms with Crippen molar-refractivity contribution >= 4 is 11.6 Å². The van der Waals surface area contributed by atoms with E-state index in [0.717, 1.165) is 63.6 Å². The van der Waals surface area contributed by atoms with Crippen molar-refractivity contribution < 1.29 is 9.21 Å². The van der Waals surface area contributed by atoms with Gasteiger partial charge < -0.3 is 9.73 Å². The van der Waals surface area contributed by atoms with E-state index in [9.17, 15) is 4.79 Å². The molecule has 1 saturated heterocycles. The monoisotopic (exact) mass is 355 g/mol. The van der Waals surface area contributed by atoms with Crippen LogP contribution in [-0.2, 0) is 17.9 Å². The molecule has 2 heterocycles.